The lowest BCUT2D eigenvalue weighted by Crippen LogP contribution is -2.03. The molecule has 0 saturated carbocycles. The molecule has 0 spiro atoms. The van der Waals surface area contributed by atoms with Gasteiger partial charge in [-0.2, -0.15) is 0 Å². The molecule has 2 rings (SSSR count). The Balaban J connectivity index is 2.37. The first-order valence-electron chi connectivity index (χ1n) is 5.17. The molecule has 0 aliphatic rings. The second kappa shape index (κ2) is 4.30. The van der Waals surface area contributed by atoms with Crippen LogP contribution in [-0.2, 0) is 0 Å². The van der Waals surface area contributed by atoms with Crippen molar-refractivity contribution >= 4 is 16.9 Å². The Bertz CT molecular complexity index is 630. The average molecular weight is 228 g/mol. The molecule has 4 nitrogen and oxygen atoms in total. The van der Waals surface area contributed by atoms with E-state index in [0.29, 0.717) is 22.6 Å². The van der Waals surface area contributed by atoms with Crippen LogP contribution in [0.15, 0.2) is 22.6 Å². The highest BCUT2D eigenvalue weighted by Gasteiger charge is 2.07. The van der Waals surface area contributed by atoms with Gasteiger partial charge in [-0.3, -0.25) is 4.79 Å². The topological polar surface area (TPSA) is 46.3 Å². The van der Waals surface area contributed by atoms with Gasteiger partial charge in [0.25, 0.3) is 0 Å². The summed E-state index contributed by atoms with van der Waals surface area (Å²) in [6.07, 6.45) is 0. The van der Waals surface area contributed by atoms with Crippen molar-refractivity contribution in [3.63, 3.8) is 0 Å². The van der Waals surface area contributed by atoms with Gasteiger partial charge in [-0.15, -0.1) is 0 Å². The van der Waals surface area contributed by atoms with Gasteiger partial charge in [0.05, 0.1) is 0 Å². The van der Waals surface area contributed by atoms with Crippen LogP contribution in [-0.4, -0.2) is 29.8 Å². The zero-order valence-corrected chi connectivity index (χ0v) is 9.94. The van der Waals surface area contributed by atoms with E-state index >= 15 is 0 Å². The molecule has 0 bridgehead atoms. The lowest BCUT2D eigenvalue weighted by atomic mass is 10.1. The molecule has 0 amide bonds. The molecular formula is C13H12N2O2. The van der Waals surface area contributed by atoms with Crippen LogP contribution in [0.3, 0.4) is 0 Å². The third-order valence-electron chi connectivity index (χ3n) is 2.15. The number of aryl methyl sites for hydroxylation is 1. The van der Waals surface area contributed by atoms with Crippen LogP contribution < -0.4 is 0 Å². The maximum absolute atomic E-state index is 11.7. The Morgan fingerprint density at radius 1 is 1.41 bits per heavy atom. The van der Waals surface area contributed by atoms with Gasteiger partial charge in [0.15, 0.2) is 11.5 Å². The van der Waals surface area contributed by atoms with Gasteiger partial charge in [0.2, 0.25) is 5.78 Å². The SMILES string of the molecule is Cc1nc2cc(C(=O)C#CN(C)C)ccc2o1. The molecule has 17 heavy (non-hydrogen) atoms. The van der Waals surface area contributed by atoms with E-state index in [1.165, 1.54) is 0 Å². The third kappa shape index (κ3) is 2.45. The van der Waals surface area contributed by atoms with Crippen LogP contribution in [0.2, 0.25) is 0 Å². The largest absolute Gasteiger partial charge is 0.441 e. The predicted molar refractivity (Wildman–Crippen MR) is 64.5 cm³/mol. The van der Waals surface area contributed by atoms with Crippen molar-refractivity contribution in [2.75, 3.05) is 14.1 Å². The van der Waals surface area contributed by atoms with E-state index in [9.17, 15) is 4.79 Å². The molecule has 0 aliphatic carbocycles. The minimum Gasteiger partial charge on any atom is -0.441 e. The van der Waals surface area contributed by atoms with Crippen molar-refractivity contribution in [3.05, 3.63) is 29.7 Å². The summed E-state index contributed by atoms with van der Waals surface area (Å²) in [5.74, 6) is 2.91. The smallest absolute Gasteiger partial charge is 0.237 e. The number of carbonyl (C=O) groups is 1. The first kappa shape index (κ1) is 11.2. The quantitative estimate of drug-likeness (QED) is 0.424. The fraction of sp³-hybridized carbons (Fsp3) is 0.231. The highest BCUT2D eigenvalue weighted by Crippen LogP contribution is 2.16. The monoisotopic (exact) mass is 228 g/mol. The molecule has 1 aromatic carbocycles. The molecule has 1 heterocycles. The Morgan fingerprint density at radius 3 is 2.88 bits per heavy atom. The third-order valence-corrected chi connectivity index (χ3v) is 2.15. The number of hydrogen-bond donors (Lipinski definition) is 0. The van der Waals surface area contributed by atoms with Crippen LogP contribution in [0.1, 0.15) is 16.2 Å². The van der Waals surface area contributed by atoms with Crippen molar-refractivity contribution in [1.82, 2.24) is 9.88 Å². The van der Waals surface area contributed by atoms with E-state index in [1.54, 1.807) is 44.1 Å². The summed E-state index contributed by atoms with van der Waals surface area (Å²) in [7, 11) is 3.56. The fourth-order valence-corrected chi connectivity index (χ4v) is 1.42. The Hall–Kier alpha value is -2.28. The molecule has 1 aromatic heterocycles. The van der Waals surface area contributed by atoms with Gasteiger partial charge in [0.1, 0.15) is 5.52 Å². The van der Waals surface area contributed by atoms with Gasteiger partial charge < -0.3 is 9.32 Å². The Kier molecular flexibility index (Phi) is 2.84. The summed E-state index contributed by atoms with van der Waals surface area (Å²) in [6, 6.07) is 7.81. The Labute approximate surface area is 99.2 Å². The summed E-state index contributed by atoms with van der Waals surface area (Å²) in [5.41, 5.74) is 1.89. The highest BCUT2D eigenvalue weighted by atomic mass is 16.3. The molecule has 0 N–H and O–H groups in total. The average Bonchev–Trinajstić information content (AvgIpc) is 2.64. The van der Waals surface area contributed by atoms with Crippen molar-refractivity contribution in [3.8, 4) is 12.0 Å². The number of aromatic nitrogens is 1. The predicted octanol–water partition coefficient (Wildman–Crippen LogP) is 1.84. The van der Waals surface area contributed by atoms with E-state index in [1.807, 2.05) is 0 Å². The molecule has 0 unspecified atom stereocenters. The summed E-state index contributed by atoms with van der Waals surface area (Å²) in [6.45, 7) is 1.77. The first-order valence-corrected chi connectivity index (χ1v) is 5.17. The molecule has 0 aliphatic heterocycles. The van der Waals surface area contributed by atoms with Gasteiger partial charge in [-0.1, -0.05) is 0 Å². The Morgan fingerprint density at radius 2 is 2.18 bits per heavy atom. The van der Waals surface area contributed by atoms with E-state index in [2.05, 4.69) is 16.9 Å². The summed E-state index contributed by atoms with van der Waals surface area (Å²) in [4.78, 5) is 17.6. The molecule has 86 valence electrons. The number of benzene rings is 1. The van der Waals surface area contributed by atoms with Crippen LogP contribution >= 0.6 is 0 Å². The summed E-state index contributed by atoms with van der Waals surface area (Å²) < 4.78 is 5.33. The summed E-state index contributed by atoms with van der Waals surface area (Å²) >= 11 is 0. The molecule has 4 heteroatoms. The number of carbonyl (C=O) groups excluding carboxylic acids is 1. The van der Waals surface area contributed by atoms with E-state index in [0.717, 1.165) is 0 Å². The van der Waals surface area contributed by atoms with Crippen molar-refractivity contribution < 1.29 is 9.21 Å². The van der Waals surface area contributed by atoms with Crippen LogP contribution in [0, 0.1) is 18.9 Å². The molecular weight excluding hydrogens is 216 g/mol. The minimum atomic E-state index is -0.221. The van der Waals surface area contributed by atoms with Gasteiger partial charge in [-0.25, -0.2) is 4.98 Å². The first-order chi connectivity index (χ1) is 8.06. The number of oxazole rings is 1. The molecule has 0 atom stereocenters. The van der Waals surface area contributed by atoms with E-state index in [4.69, 9.17) is 4.42 Å². The molecule has 0 fully saturated rings. The zero-order valence-electron chi connectivity index (χ0n) is 9.94. The van der Waals surface area contributed by atoms with Gasteiger partial charge in [-0.05, 0) is 24.1 Å². The number of nitrogens with zero attached hydrogens (tertiary/aromatic N) is 2. The summed E-state index contributed by atoms with van der Waals surface area (Å²) in [5, 5.41) is 0. The van der Waals surface area contributed by atoms with Crippen molar-refractivity contribution in [1.29, 1.82) is 0 Å². The lowest BCUT2D eigenvalue weighted by molar-refractivity contribution is 0.105. The van der Waals surface area contributed by atoms with Crippen LogP contribution in [0.4, 0.5) is 0 Å². The number of rotatable bonds is 1. The standard InChI is InChI=1S/C13H12N2O2/c1-9-14-11-8-10(4-5-13(11)17-9)12(16)6-7-15(2)3/h4-5,8H,1-3H3. The second-order valence-corrected chi connectivity index (χ2v) is 3.88. The molecule has 2 aromatic rings. The fourth-order valence-electron chi connectivity index (χ4n) is 1.42. The molecule has 0 radical (unpaired) electrons. The molecule has 0 saturated heterocycles. The van der Waals surface area contributed by atoms with Gasteiger partial charge in [0, 0.05) is 32.6 Å². The van der Waals surface area contributed by atoms with Crippen LogP contribution in [0.25, 0.3) is 11.1 Å². The maximum atomic E-state index is 11.7. The number of ketones is 1. The van der Waals surface area contributed by atoms with Crippen molar-refractivity contribution in [2.45, 2.75) is 6.92 Å². The highest BCUT2D eigenvalue weighted by molar-refractivity contribution is 6.10. The zero-order chi connectivity index (χ0) is 12.4. The van der Waals surface area contributed by atoms with E-state index < -0.39 is 0 Å². The number of fused-ring (bicyclic) bond motifs is 1. The minimum absolute atomic E-state index is 0.221. The number of hydrogen-bond acceptors (Lipinski definition) is 4. The lowest BCUT2D eigenvalue weighted by Gasteiger charge is -1.97. The maximum Gasteiger partial charge on any atom is 0.237 e. The van der Waals surface area contributed by atoms with Crippen LogP contribution in [0.5, 0.6) is 0 Å². The second-order valence-electron chi connectivity index (χ2n) is 3.88. The van der Waals surface area contributed by atoms with Gasteiger partial charge >= 0.3 is 0 Å². The number of Topliss-reactive ketones (excluding diaryl/α,β-unsaturated/α-hetero) is 1. The van der Waals surface area contributed by atoms with E-state index in [-0.39, 0.29) is 5.78 Å². The normalized spacial score (nSPS) is 9.82. The van der Waals surface area contributed by atoms with Crippen molar-refractivity contribution in [2.24, 2.45) is 0 Å².